The molecule has 0 aliphatic heterocycles. The molecule has 0 spiro atoms. The average Bonchev–Trinajstić information content (AvgIpc) is 2.29. The van der Waals surface area contributed by atoms with E-state index in [2.05, 4.69) is 0 Å². The lowest BCUT2D eigenvalue weighted by atomic mass is 10.0. The molecule has 0 bridgehead atoms. The zero-order valence-corrected chi connectivity index (χ0v) is 12.0. The maximum atomic E-state index is 6.13. The fourth-order valence-electron chi connectivity index (χ4n) is 1.54. The Labute approximate surface area is 124 Å². The molecule has 4 N–H and O–H groups in total. The second-order valence-electron chi connectivity index (χ2n) is 3.71. The molecule has 0 unspecified atom stereocenters. The fraction of sp³-hybridized carbons (Fsp3) is 0. The third-order valence-electron chi connectivity index (χ3n) is 2.46. The van der Waals surface area contributed by atoms with E-state index in [0.29, 0.717) is 42.6 Å². The van der Waals surface area contributed by atoms with E-state index in [1.165, 1.54) is 0 Å². The Kier molecular flexibility index (Phi) is 3.83. The smallest absolute Gasteiger partial charge is 0.0642 e. The molecule has 2 aromatic rings. The first-order valence-corrected chi connectivity index (χ1v) is 6.40. The number of nitrogen functional groups attached to an aromatic ring is 2. The molecule has 0 aliphatic rings. The predicted molar refractivity (Wildman–Crippen MR) is 80.7 cm³/mol. The van der Waals surface area contributed by atoms with Crippen molar-refractivity contribution < 1.29 is 0 Å². The topological polar surface area (TPSA) is 52.0 Å². The quantitative estimate of drug-likeness (QED) is 0.715. The number of anilines is 2. The van der Waals surface area contributed by atoms with Gasteiger partial charge >= 0.3 is 0 Å². The molecule has 94 valence electrons. The lowest BCUT2D eigenvalue weighted by molar-refractivity contribution is 1.60. The van der Waals surface area contributed by atoms with Crippen LogP contribution in [-0.2, 0) is 0 Å². The number of benzene rings is 2. The summed E-state index contributed by atoms with van der Waals surface area (Å²) in [5.41, 5.74) is 13.5. The van der Waals surface area contributed by atoms with E-state index in [-0.39, 0.29) is 0 Å². The van der Waals surface area contributed by atoms with Gasteiger partial charge in [0.05, 0.1) is 31.5 Å². The summed E-state index contributed by atoms with van der Waals surface area (Å²) in [5, 5.41) is 1.69. The summed E-state index contributed by atoms with van der Waals surface area (Å²) in [6.45, 7) is 0. The van der Waals surface area contributed by atoms with Crippen LogP contribution in [0.2, 0.25) is 20.1 Å². The number of hydrogen-bond donors (Lipinski definition) is 2. The van der Waals surface area contributed by atoms with E-state index >= 15 is 0 Å². The van der Waals surface area contributed by atoms with Crippen LogP contribution >= 0.6 is 46.4 Å². The summed E-state index contributed by atoms with van der Waals surface area (Å²) in [6.07, 6.45) is 0. The number of rotatable bonds is 1. The molecule has 0 radical (unpaired) electrons. The molecule has 2 rings (SSSR count). The highest BCUT2D eigenvalue weighted by Gasteiger charge is 2.12. The number of halogens is 4. The number of hydrogen-bond acceptors (Lipinski definition) is 2. The maximum absolute atomic E-state index is 6.13. The van der Waals surface area contributed by atoms with E-state index in [4.69, 9.17) is 57.9 Å². The lowest BCUT2D eigenvalue weighted by Crippen LogP contribution is -1.91. The van der Waals surface area contributed by atoms with Crippen LogP contribution < -0.4 is 11.5 Å². The van der Waals surface area contributed by atoms with Crippen molar-refractivity contribution in [2.24, 2.45) is 0 Å². The van der Waals surface area contributed by atoms with Crippen LogP contribution in [0, 0.1) is 0 Å². The summed E-state index contributed by atoms with van der Waals surface area (Å²) in [5.74, 6) is 0. The van der Waals surface area contributed by atoms with Gasteiger partial charge in [0.25, 0.3) is 0 Å². The van der Waals surface area contributed by atoms with Gasteiger partial charge in [-0.2, -0.15) is 0 Å². The highest BCUT2D eigenvalue weighted by atomic mass is 35.5. The lowest BCUT2D eigenvalue weighted by Gasteiger charge is -2.11. The zero-order chi connectivity index (χ0) is 13.4. The van der Waals surface area contributed by atoms with Gasteiger partial charge < -0.3 is 11.5 Å². The van der Waals surface area contributed by atoms with E-state index in [9.17, 15) is 0 Å². The largest absolute Gasteiger partial charge is 0.397 e. The van der Waals surface area contributed by atoms with Crippen molar-refractivity contribution in [2.45, 2.75) is 0 Å². The minimum atomic E-state index is 0.401. The molecule has 0 fully saturated rings. The predicted octanol–water partition coefficient (Wildman–Crippen LogP) is 5.13. The molecule has 2 nitrogen and oxygen atoms in total. The fourth-order valence-corrected chi connectivity index (χ4v) is 2.41. The van der Waals surface area contributed by atoms with Crippen molar-refractivity contribution in [3.05, 3.63) is 44.4 Å². The Morgan fingerprint density at radius 1 is 0.556 bits per heavy atom. The summed E-state index contributed by atoms with van der Waals surface area (Å²) < 4.78 is 0. The normalized spacial score (nSPS) is 10.7. The Bertz CT molecular complexity index is 570. The second kappa shape index (κ2) is 5.06. The van der Waals surface area contributed by atoms with Crippen LogP contribution in [0.25, 0.3) is 11.1 Å². The molecule has 0 heterocycles. The summed E-state index contributed by atoms with van der Waals surface area (Å²) >= 11 is 24.2. The van der Waals surface area contributed by atoms with Gasteiger partial charge in [-0.1, -0.05) is 46.4 Å². The monoisotopic (exact) mass is 320 g/mol. The highest BCUT2D eigenvalue weighted by molar-refractivity contribution is 6.40. The Balaban J connectivity index is 2.69. The van der Waals surface area contributed by atoms with Gasteiger partial charge in [-0.15, -0.1) is 0 Å². The zero-order valence-electron chi connectivity index (χ0n) is 8.98. The first kappa shape index (κ1) is 13.6. The standard InChI is InChI=1S/C12H8Cl4N2/c13-7-3-11(17)9(15)1-5(7)6-2-10(16)12(18)4-8(6)14/h1-4H,17-18H2. The van der Waals surface area contributed by atoms with Gasteiger partial charge in [-0.05, 0) is 24.3 Å². The molecule has 0 aromatic heterocycles. The first-order chi connectivity index (χ1) is 8.40. The van der Waals surface area contributed by atoms with Crippen molar-refractivity contribution in [1.29, 1.82) is 0 Å². The molecule has 0 aliphatic carbocycles. The van der Waals surface area contributed by atoms with Crippen LogP contribution in [0.3, 0.4) is 0 Å². The Morgan fingerprint density at radius 3 is 1.22 bits per heavy atom. The second-order valence-corrected chi connectivity index (χ2v) is 5.34. The molecule has 2 aromatic carbocycles. The van der Waals surface area contributed by atoms with Crippen LogP contribution in [0.15, 0.2) is 24.3 Å². The van der Waals surface area contributed by atoms with Crippen LogP contribution in [0.5, 0.6) is 0 Å². The van der Waals surface area contributed by atoms with Gasteiger partial charge in [0, 0.05) is 11.1 Å². The summed E-state index contributed by atoms with van der Waals surface area (Å²) in [4.78, 5) is 0. The maximum Gasteiger partial charge on any atom is 0.0642 e. The van der Waals surface area contributed by atoms with E-state index in [0.717, 1.165) is 0 Å². The molecule has 6 heteroatoms. The average molecular weight is 322 g/mol. The molecular weight excluding hydrogens is 314 g/mol. The van der Waals surface area contributed by atoms with Crippen molar-refractivity contribution in [3.8, 4) is 11.1 Å². The molecule has 0 atom stereocenters. The third kappa shape index (κ3) is 2.47. The minimum absolute atomic E-state index is 0.401. The third-order valence-corrected chi connectivity index (χ3v) is 3.74. The van der Waals surface area contributed by atoms with Gasteiger partial charge in [0.15, 0.2) is 0 Å². The van der Waals surface area contributed by atoms with Gasteiger partial charge in [-0.3, -0.25) is 0 Å². The molecule has 0 saturated heterocycles. The van der Waals surface area contributed by atoms with Gasteiger partial charge in [0.1, 0.15) is 0 Å². The van der Waals surface area contributed by atoms with Crippen molar-refractivity contribution >= 4 is 57.8 Å². The number of nitrogens with two attached hydrogens (primary N) is 2. The summed E-state index contributed by atoms with van der Waals surface area (Å²) in [7, 11) is 0. The van der Waals surface area contributed by atoms with Crippen LogP contribution in [-0.4, -0.2) is 0 Å². The molecular formula is C12H8Cl4N2. The SMILES string of the molecule is Nc1cc(Cl)c(-c2cc(Cl)c(N)cc2Cl)cc1Cl. The Hall–Kier alpha value is -0.800. The molecule has 0 amide bonds. The van der Waals surface area contributed by atoms with Crippen molar-refractivity contribution in [3.63, 3.8) is 0 Å². The van der Waals surface area contributed by atoms with Gasteiger partial charge in [0.2, 0.25) is 0 Å². The van der Waals surface area contributed by atoms with E-state index in [1.807, 2.05) is 0 Å². The van der Waals surface area contributed by atoms with Crippen molar-refractivity contribution in [1.82, 2.24) is 0 Å². The minimum Gasteiger partial charge on any atom is -0.397 e. The Morgan fingerprint density at radius 2 is 0.889 bits per heavy atom. The molecule has 18 heavy (non-hydrogen) atoms. The first-order valence-electron chi connectivity index (χ1n) is 4.89. The van der Waals surface area contributed by atoms with E-state index < -0.39 is 0 Å². The van der Waals surface area contributed by atoms with E-state index in [1.54, 1.807) is 24.3 Å². The highest BCUT2D eigenvalue weighted by Crippen LogP contribution is 2.40. The summed E-state index contributed by atoms with van der Waals surface area (Å²) in [6, 6.07) is 6.43. The molecule has 0 saturated carbocycles. The van der Waals surface area contributed by atoms with Gasteiger partial charge in [-0.25, -0.2) is 0 Å². The van der Waals surface area contributed by atoms with Crippen LogP contribution in [0.4, 0.5) is 11.4 Å². The van der Waals surface area contributed by atoms with Crippen LogP contribution in [0.1, 0.15) is 0 Å². The van der Waals surface area contributed by atoms with Crippen molar-refractivity contribution in [2.75, 3.05) is 11.5 Å².